The van der Waals surface area contributed by atoms with Gasteiger partial charge in [-0.1, -0.05) is 0 Å². The molecule has 1 rings (SSSR count). The van der Waals surface area contributed by atoms with Crippen molar-refractivity contribution in [2.24, 2.45) is 0 Å². The second-order valence-corrected chi connectivity index (χ2v) is 3.06. The molecule has 0 aliphatic rings. The number of esters is 1. The van der Waals surface area contributed by atoms with Crippen LogP contribution in [0.1, 0.15) is 20.8 Å². The van der Waals surface area contributed by atoms with Crippen molar-refractivity contribution in [1.29, 1.82) is 0 Å². The molecule has 0 N–H and O–H groups in total. The summed E-state index contributed by atoms with van der Waals surface area (Å²) in [4.78, 5) is 25.1. The van der Waals surface area contributed by atoms with E-state index in [4.69, 9.17) is 0 Å². The maximum absolute atomic E-state index is 11.0. The van der Waals surface area contributed by atoms with E-state index < -0.39 is 5.97 Å². The molecule has 0 amide bonds. The Labute approximate surface area is 83.1 Å². The number of aromatic nitrogens is 1. The molecular formula is C8H6BrNO3. The Morgan fingerprint density at radius 1 is 1.69 bits per heavy atom. The zero-order valence-corrected chi connectivity index (χ0v) is 8.37. The standard InChI is InChI=1S/C8H6BrNO3/c1-13-8(12)7-6(9)2-5(4-11)3-10-7/h2-4H,1H3. The van der Waals surface area contributed by atoms with Crippen LogP contribution in [0.4, 0.5) is 0 Å². The summed E-state index contributed by atoms with van der Waals surface area (Å²) in [6.45, 7) is 0. The predicted octanol–water partition coefficient (Wildman–Crippen LogP) is 1.44. The van der Waals surface area contributed by atoms with Gasteiger partial charge in [-0.3, -0.25) is 4.79 Å². The van der Waals surface area contributed by atoms with Gasteiger partial charge in [0.15, 0.2) is 12.0 Å². The van der Waals surface area contributed by atoms with E-state index in [0.717, 1.165) is 0 Å². The molecule has 0 saturated carbocycles. The van der Waals surface area contributed by atoms with Crippen LogP contribution in [0, 0.1) is 0 Å². The highest BCUT2D eigenvalue weighted by molar-refractivity contribution is 9.10. The van der Waals surface area contributed by atoms with Crippen LogP contribution in [0.25, 0.3) is 0 Å². The Kier molecular flexibility index (Phi) is 3.13. The number of pyridine rings is 1. The number of ether oxygens (including phenoxy) is 1. The van der Waals surface area contributed by atoms with Crippen molar-refractivity contribution in [3.8, 4) is 0 Å². The van der Waals surface area contributed by atoms with Gasteiger partial charge < -0.3 is 4.74 Å². The average molecular weight is 244 g/mol. The second kappa shape index (κ2) is 4.13. The van der Waals surface area contributed by atoms with Crippen LogP contribution in [-0.2, 0) is 4.74 Å². The van der Waals surface area contributed by atoms with Crippen molar-refractivity contribution in [3.63, 3.8) is 0 Å². The largest absolute Gasteiger partial charge is 0.464 e. The molecule has 0 saturated heterocycles. The van der Waals surface area contributed by atoms with Gasteiger partial charge in [-0.25, -0.2) is 9.78 Å². The van der Waals surface area contributed by atoms with Crippen LogP contribution in [-0.4, -0.2) is 24.3 Å². The Bertz CT molecular complexity index is 351. The summed E-state index contributed by atoms with van der Waals surface area (Å²) in [7, 11) is 1.27. The first kappa shape index (κ1) is 9.85. The molecule has 0 aromatic carbocycles. The lowest BCUT2D eigenvalue weighted by Gasteiger charge is -2.00. The molecule has 0 aliphatic carbocycles. The van der Waals surface area contributed by atoms with Gasteiger partial charge in [-0.2, -0.15) is 0 Å². The summed E-state index contributed by atoms with van der Waals surface area (Å²) >= 11 is 3.11. The second-order valence-electron chi connectivity index (χ2n) is 2.21. The lowest BCUT2D eigenvalue weighted by molar-refractivity contribution is 0.0592. The molecule has 0 bridgehead atoms. The topological polar surface area (TPSA) is 56.3 Å². The van der Waals surface area contributed by atoms with Gasteiger partial charge in [-0.15, -0.1) is 0 Å². The average Bonchev–Trinajstić information content (AvgIpc) is 2.16. The number of hydrogen-bond acceptors (Lipinski definition) is 4. The minimum Gasteiger partial charge on any atom is -0.464 e. The number of aldehydes is 1. The van der Waals surface area contributed by atoms with E-state index in [2.05, 4.69) is 25.7 Å². The molecular weight excluding hydrogens is 238 g/mol. The molecule has 0 spiro atoms. The van der Waals surface area contributed by atoms with Crippen molar-refractivity contribution in [3.05, 3.63) is 28.0 Å². The van der Waals surface area contributed by atoms with Crippen LogP contribution in [0.15, 0.2) is 16.7 Å². The van der Waals surface area contributed by atoms with Crippen LogP contribution in [0.5, 0.6) is 0 Å². The summed E-state index contributed by atoms with van der Waals surface area (Å²) in [6, 6.07) is 1.51. The van der Waals surface area contributed by atoms with E-state index in [1.165, 1.54) is 19.4 Å². The molecule has 4 nitrogen and oxygen atoms in total. The quantitative estimate of drug-likeness (QED) is 0.583. The zero-order valence-electron chi connectivity index (χ0n) is 6.78. The molecule has 0 atom stereocenters. The fourth-order valence-corrected chi connectivity index (χ4v) is 1.29. The molecule has 13 heavy (non-hydrogen) atoms. The van der Waals surface area contributed by atoms with Crippen molar-refractivity contribution < 1.29 is 14.3 Å². The van der Waals surface area contributed by atoms with E-state index >= 15 is 0 Å². The van der Waals surface area contributed by atoms with E-state index in [9.17, 15) is 9.59 Å². The van der Waals surface area contributed by atoms with Crippen LogP contribution in [0.2, 0.25) is 0 Å². The number of nitrogens with zero attached hydrogens (tertiary/aromatic N) is 1. The number of methoxy groups -OCH3 is 1. The van der Waals surface area contributed by atoms with Gasteiger partial charge in [0, 0.05) is 11.8 Å². The van der Waals surface area contributed by atoms with Gasteiger partial charge in [0.1, 0.15) is 0 Å². The monoisotopic (exact) mass is 243 g/mol. The number of halogens is 1. The highest BCUT2D eigenvalue weighted by atomic mass is 79.9. The molecule has 1 aromatic rings. The van der Waals surface area contributed by atoms with Crippen LogP contribution < -0.4 is 0 Å². The molecule has 5 heteroatoms. The highest BCUT2D eigenvalue weighted by Gasteiger charge is 2.11. The molecule has 0 aliphatic heterocycles. The van der Waals surface area contributed by atoms with Crippen molar-refractivity contribution >= 4 is 28.2 Å². The number of rotatable bonds is 2. The number of carbonyl (C=O) groups is 2. The lowest BCUT2D eigenvalue weighted by atomic mass is 10.3. The Hall–Kier alpha value is -1.23. The number of carbonyl (C=O) groups excluding carboxylic acids is 2. The molecule has 0 fully saturated rings. The van der Waals surface area contributed by atoms with E-state index in [1.807, 2.05) is 0 Å². The smallest absolute Gasteiger partial charge is 0.357 e. The summed E-state index contributed by atoms with van der Waals surface area (Å²) in [5, 5.41) is 0. The third kappa shape index (κ3) is 2.12. The third-order valence-electron chi connectivity index (χ3n) is 1.38. The van der Waals surface area contributed by atoms with Gasteiger partial charge in [-0.05, 0) is 22.0 Å². The first-order valence-corrected chi connectivity index (χ1v) is 4.17. The summed E-state index contributed by atoms with van der Waals surface area (Å²) in [6.07, 6.45) is 1.96. The van der Waals surface area contributed by atoms with E-state index in [1.54, 1.807) is 0 Å². The van der Waals surface area contributed by atoms with Crippen LogP contribution in [0.3, 0.4) is 0 Å². The van der Waals surface area contributed by atoms with Gasteiger partial charge in [0.25, 0.3) is 0 Å². The lowest BCUT2D eigenvalue weighted by Crippen LogP contribution is -2.05. The van der Waals surface area contributed by atoms with Gasteiger partial charge >= 0.3 is 5.97 Å². The van der Waals surface area contributed by atoms with Crippen molar-refractivity contribution in [2.75, 3.05) is 7.11 Å². The minimum atomic E-state index is -0.538. The maximum Gasteiger partial charge on any atom is 0.357 e. The van der Waals surface area contributed by atoms with E-state index in [-0.39, 0.29) is 5.69 Å². The molecule has 0 radical (unpaired) electrons. The SMILES string of the molecule is COC(=O)c1ncc(C=O)cc1Br. The Balaban J connectivity index is 3.12. The van der Waals surface area contributed by atoms with Gasteiger partial charge in [0.05, 0.1) is 11.6 Å². The number of hydrogen-bond donors (Lipinski definition) is 0. The Morgan fingerprint density at radius 2 is 2.38 bits per heavy atom. The first-order valence-electron chi connectivity index (χ1n) is 3.38. The normalized spacial score (nSPS) is 9.38. The molecule has 68 valence electrons. The predicted molar refractivity (Wildman–Crippen MR) is 48.7 cm³/mol. The molecule has 1 aromatic heterocycles. The maximum atomic E-state index is 11.0. The van der Waals surface area contributed by atoms with E-state index in [0.29, 0.717) is 16.3 Å². The van der Waals surface area contributed by atoms with Crippen LogP contribution >= 0.6 is 15.9 Å². The summed E-state index contributed by atoms with van der Waals surface area (Å²) < 4.78 is 4.92. The summed E-state index contributed by atoms with van der Waals surface area (Å²) in [5.74, 6) is -0.538. The molecule has 0 unspecified atom stereocenters. The van der Waals surface area contributed by atoms with Crippen molar-refractivity contribution in [1.82, 2.24) is 4.98 Å². The van der Waals surface area contributed by atoms with Crippen molar-refractivity contribution in [2.45, 2.75) is 0 Å². The third-order valence-corrected chi connectivity index (χ3v) is 1.98. The fraction of sp³-hybridized carbons (Fsp3) is 0.125. The fourth-order valence-electron chi connectivity index (χ4n) is 0.764. The first-order chi connectivity index (χ1) is 6.19. The zero-order chi connectivity index (χ0) is 9.84. The minimum absolute atomic E-state index is 0.160. The molecule has 1 heterocycles. The highest BCUT2D eigenvalue weighted by Crippen LogP contribution is 2.15. The van der Waals surface area contributed by atoms with Gasteiger partial charge in [0.2, 0.25) is 0 Å². The summed E-state index contributed by atoms with van der Waals surface area (Å²) in [5.41, 5.74) is 0.563. The Morgan fingerprint density at radius 3 is 2.85 bits per heavy atom.